The first kappa shape index (κ1) is 12.2. The number of rotatable bonds is 1. The second-order valence-corrected chi connectivity index (χ2v) is 5.74. The Morgan fingerprint density at radius 2 is 1.79 bits per heavy atom. The van der Waals surface area contributed by atoms with Gasteiger partial charge in [0.2, 0.25) is 0 Å². The van der Waals surface area contributed by atoms with Crippen molar-refractivity contribution in [1.82, 2.24) is 4.57 Å². The molecule has 19 heavy (non-hydrogen) atoms. The average molecular weight is 315 g/mol. The molecule has 4 heteroatoms. The van der Waals surface area contributed by atoms with E-state index in [0.29, 0.717) is 12.8 Å². The van der Waals surface area contributed by atoms with Crippen LogP contribution in [0.4, 0.5) is 0 Å². The molecule has 3 rings (SSSR count). The Kier molecular flexibility index (Phi) is 2.79. The Labute approximate surface area is 119 Å². The normalized spacial score (nSPS) is 15.8. The first-order chi connectivity index (χ1) is 9.14. The Hall–Kier alpha value is -1.86. The van der Waals surface area contributed by atoms with Crippen molar-refractivity contribution in [2.45, 2.75) is 18.4 Å². The van der Waals surface area contributed by atoms with E-state index >= 15 is 0 Å². The Morgan fingerprint density at radius 1 is 1.16 bits per heavy atom. The summed E-state index contributed by atoms with van der Waals surface area (Å²) in [5.74, 6) is 0. The van der Waals surface area contributed by atoms with E-state index in [1.165, 1.54) is 6.07 Å². The summed E-state index contributed by atoms with van der Waals surface area (Å²) in [4.78, 5) is 12.1. The van der Waals surface area contributed by atoms with Gasteiger partial charge in [0.25, 0.3) is 5.56 Å². The molecule has 0 radical (unpaired) electrons. The lowest BCUT2D eigenvalue weighted by Gasteiger charge is -2.23. The van der Waals surface area contributed by atoms with Gasteiger partial charge in [0, 0.05) is 29.6 Å². The molecule has 0 fully saturated rings. The highest BCUT2D eigenvalue weighted by molar-refractivity contribution is 9.10. The summed E-state index contributed by atoms with van der Waals surface area (Å²) < 4.78 is 2.36. The topological polar surface area (TPSA) is 45.8 Å². The molecule has 1 aromatic heterocycles. The van der Waals surface area contributed by atoms with Crippen molar-refractivity contribution in [3.63, 3.8) is 0 Å². The lowest BCUT2D eigenvalue weighted by atomic mass is 9.97. The fourth-order valence-electron chi connectivity index (χ4n) is 2.69. The Balaban J connectivity index is 2.16. The van der Waals surface area contributed by atoms with Gasteiger partial charge in [-0.05, 0) is 33.1 Å². The molecule has 0 unspecified atom stereocenters. The SMILES string of the molecule is N#CC1(n2cc(Br)ccc2=O)Cc2ccccc2C1. The summed E-state index contributed by atoms with van der Waals surface area (Å²) in [5, 5.41) is 9.63. The van der Waals surface area contributed by atoms with E-state index in [-0.39, 0.29) is 5.56 Å². The molecule has 1 heterocycles. The lowest BCUT2D eigenvalue weighted by molar-refractivity contribution is 0.390. The van der Waals surface area contributed by atoms with Crippen LogP contribution in [0.15, 0.2) is 51.9 Å². The van der Waals surface area contributed by atoms with E-state index in [0.717, 1.165) is 15.6 Å². The summed E-state index contributed by atoms with van der Waals surface area (Å²) in [7, 11) is 0. The van der Waals surface area contributed by atoms with Gasteiger partial charge in [-0.3, -0.25) is 9.36 Å². The van der Waals surface area contributed by atoms with Gasteiger partial charge in [-0.1, -0.05) is 24.3 Å². The maximum absolute atomic E-state index is 12.1. The minimum Gasteiger partial charge on any atom is -0.294 e. The number of hydrogen-bond acceptors (Lipinski definition) is 2. The molecule has 0 atom stereocenters. The van der Waals surface area contributed by atoms with Crippen molar-refractivity contribution in [2.24, 2.45) is 0 Å². The monoisotopic (exact) mass is 314 g/mol. The second kappa shape index (κ2) is 4.36. The molecule has 0 spiro atoms. The van der Waals surface area contributed by atoms with Crippen molar-refractivity contribution < 1.29 is 0 Å². The number of benzene rings is 1. The van der Waals surface area contributed by atoms with Gasteiger partial charge in [0.15, 0.2) is 0 Å². The van der Waals surface area contributed by atoms with Gasteiger partial charge in [-0.2, -0.15) is 5.26 Å². The Morgan fingerprint density at radius 3 is 2.37 bits per heavy atom. The summed E-state index contributed by atoms with van der Waals surface area (Å²) >= 11 is 3.36. The van der Waals surface area contributed by atoms with Gasteiger partial charge < -0.3 is 0 Å². The van der Waals surface area contributed by atoms with Crippen molar-refractivity contribution in [3.8, 4) is 6.07 Å². The van der Waals surface area contributed by atoms with Crippen LogP contribution in [-0.2, 0) is 18.4 Å². The second-order valence-electron chi connectivity index (χ2n) is 4.82. The van der Waals surface area contributed by atoms with Gasteiger partial charge in [-0.15, -0.1) is 0 Å². The summed E-state index contributed by atoms with van der Waals surface area (Å²) in [5.41, 5.74) is 1.36. The molecule has 2 aromatic rings. The van der Waals surface area contributed by atoms with Crippen LogP contribution in [0.25, 0.3) is 0 Å². The van der Waals surface area contributed by atoms with E-state index in [9.17, 15) is 10.1 Å². The maximum atomic E-state index is 12.1. The molecule has 0 saturated carbocycles. The summed E-state index contributed by atoms with van der Waals surface area (Å²) in [6.45, 7) is 0. The van der Waals surface area contributed by atoms with Crippen LogP contribution in [0, 0.1) is 11.3 Å². The fourth-order valence-corrected chi connectivity index (χ4v) is 3.03. The average Bonchev–Trinajstić information content (AvgIpc) is 2.81. The molecule has 0 N–H and O–H groups in total. The van der Waals surface area contributed by atoms with Crippen LogP contribution < -0.4 is 5.56 Å². The molecule has 0 saturated heterocycles. The van der Waals surface area contributed by atoms with Crippen molar-refractivity contribution in [3.05, 3.63) is 68.5 Å². The Bertz CT molecular complexity index is 717. The van der Waals surface area contributed by atoms with Gasteiger partial charge in [-0.25, -0.2) is 0 Å². The predicted molar refractivity (Wildman–Crippen MR) is 75.8 cm³/mol. The zero-order chi connectivity index (χ0) is 13.5. The minimum absolute atomic E-state index is 0.141. The van der Waals surface area contributed by atoms with E-state index < -0.39 is 5.54 Å². The molecule has 1 aliphatic carbocycles. The van der Waals surface area contributed by atoms with Crippen LogP contribution in [-0.4, -0.2) is 4.57 Å². The van der Waals surface area contributed by atoms with E-state index in [1.54, 1.807) is 16.8 Å². The van der Waals surface area contributed by atoms with Crippen LogP contribution in [0.3, 0.4) is 0 Å². The largest absolute Gasteiger partial charge is 0.294 e. The molecule has 1 aromatic carbocycles. The highest BCUT2D eigenvalue weighted by Crippen LogP contribution is 2.34. The number of nitriles is 1. The number of fused-ring (bicyclic) bond motifs is 1. The van der Waals surface area contributed by atoms with Crippen molar-refractivity contribution >= 4 is 15.9 Å². The molecule has 0 amide bonds. The quantitative estimate of drug-likeness (QED) is 0.812. The first-order valence-corrected chi connectivity index (χ1v) is 6.81. The van der Waals surface area contributed by atoms with E-state index in [4.69, 9.17) is 0 Å². The third kappa shape index (κ3) is 1.91. The summed E-state index contributed by atoms with van der Waals surface area (Å²) in [6.07, 6.45) is 2.86. The van der Waals surface area contributed by atoms with Crippen LogP contribution in [0.2, 0.25) is 0 Å². The van der Waals surface area contributed by atoms with Crippen LogP contribution >= 0.6 is 15.9 Å². The number of nitrogens with zero attached hydrogens (tertiary/aromatic N) is 2. The van der Waals surface area contributed by atoms with Crippen LogP contribution in [0.1, 0.15) is 11.1 Å². The highest BCUT2D eigenvalue weighted by Gasteiger charge is 2.39. The van der Waals surface area contributed by atoms with Crippen molar-refractivity contribution in [1.29, 1.82) is 5.26 Å². The minimum atomic E-state index is -0.801. The third-order valence-corrected chi connectivity index (χ3v) is 4.10. The van der Waals surface area contributed by atoms with Gasteiger partial charge in [0.05, 0.1) is 6.07 Å². The third-order valence-electron chi connectivity index (χ3n) is 3.63. The number of aromatic nitrogens is 1. The number of halogens is 1. The predicted octanol–water partition coefficient (Wildman–Crippen LogP) is 2.63. The van der Waals surface area contributed by atoms with E-state index in [1.807, 2.05) is 24.3 Å². The van der Waals surface area contributed by atoms with Crippen molar-refractivity contribution in [2.75, 3.05) is 0 Å². The van der Waals surface area contributed by atoms with Gasteiger partial charge in [0.1, 0.15) is 5.54 Å². The lowest BCUT2D eigenvalue weighted by Crippen LogP contribution is -2.40. The molecule has 3 nitrogen and oxygen atoms in total. The molecule has 0 bridgehead atoms. The molecular formula is C15H11BrN2O. The van der Waals surface area contributed by atoms with E-state index in [2.05, 4.69) is 22.0 Å². The number of hydrogen-bond donors (Lipinski definition) is 0. The molecular weight excluding hydrogens is 304 g/mol. The zero-order valence-corrected chi connectivity index (χ0v) is 11.7. The maximum Gasteiger partial charge on any atom is 0.251 e. The molecule has 94 valence electrons. The first-order valence-electron chi connectivity index (χ1n) is 6.01. The molecule has 0 aliphatic heterocycles. The zero-order valence-electron chi connectivity index (χ0n) is 10.1. The van der Waals surface area contributed by atoms with Gasteiger partial charge >= 0.3 is 0 Å². The smallest absolute Gasteiger partial charge is 0.251 e. The fraction of sp³-hybridized carbons (Fsp3) is 0.200. The number of pyridine rings is 1. The highest BCUT2D eigenvalue weighted by atomic mass is 79.9. The molecule has 1 aliphatic rings. The van der Waals surface area contributed by atoms with Crippen LogP contribution in [0.5, 0.6) is 0 Å². The summed E-state index contributed by atoms with van der Waals surface area (Å²) in [6, 6.07) is 13.5. The standard InChI is InChI=1S/C15H11BrN2O/c16-13-5-6-14(19)18(9-13)15(10-17)7-11-3-1-2-4-12(11)8-15/h1-6,9H,7-8H2.